The van der Waals surface area contributed by atoms with E-state index in [-0.39, 0.29) is 11.8 Å². The quantitative estimate of drug-likeness (QED) is 0.931. The molecule has 1 aliphatic heterocycles. The molecule has 2 heterocycles. The summed E-state index contributed by atoms with van der Waals surface area (Å²) in [6.07, 6.45) is 2.83. The maximum absolute atomic E-state index is 13.8. The van der Waals surface area contributed by atoms with Gasteiger partial charge in [0.2, 0.25) is 0 Å². The van der Waals surface area contributed by atoms with Crippen molar-refractivity contribution in [2.45, 2.75) is 0 Å². The average molecular weight is 331 g/mol. The molecular weight excluding hydrogens is 313 g/mol. The number of hydrogen-bond donors (Lipinski definition) is 1. The minimum atomic E-state index is -0.264. The molecule has 0 atom stereocenters. The highest BCUT2D eigenvalue weighted by Crippen LogP contribution is 2.22. The molecule has 1 aromatic carbocycles. The number of anilines is 2. The third-order valence-corrected chi connectivity index (χ3v) is 3.88. The average Bonchev–Trinajstić information content (AvgIpc) is 2.63. The molecule has 2 aromatic rings. The van der Waals surface area contributed by atoms with Crippen molar-refractivity contribution in [3.8, 4) is 5.75 Å². The number of para-hydroxylation sites is 1. The van der Waals surface area contributed by atoms with E-state index in [0.29, 0.717) is 43.4 Å². The number of aromatic nitrogens is 2. The Kier molecular flexibility index (Phi) is 4.74. The lowest BCUT2D eigenvalue weighted by molar-refractivity contribution is 0.208. The predicted octanol–water partition coefficient (Wildman–Crippen LogP) is 1.98. The van der Waals surface area contributed by atoms with E-state index in [2.05, 4.69) is 15.3 Å². The Morgan fingerprint density at radius 2 is 2.00 bits per heavy atom. The van der Waals surface area contributed by atoms with Crippen LogP contribution in [-0.4, -0.2) is 54.2 Å². The van der Waals surface area contributed by atoms with E-state index in [9.17, 15) is 9.18 Å². The summed E-state index contributed by atoms with van der Waals surface area (Å²) in [6.45, 7) is 2.12. The van der Waals surface area contributed by atoms with E-state index >= 15 is 0 Å². The van der Waals surface area contributed by atoms with Gasteiger partial charge < -0.3 is 14.5 Å². The lowest BCUT2D eigenvalue weighted by atomic mass is 10.2. The normalized spacial score (nSPS) is 14.4. The van der Waals surface area contributed by atoms with Crippen molar-refractivity contribution in [3.63, 3.8) is 0 Å². The van der Waals surface area contributed by atoms with Crippen molar-refractivity contribution in [1.29, 1.82) is 0 Å². The van der Waals surface area contributed by atoms with Gasteiger partial charge in [0, 0.05) is 26.2 Å². The summed E-state index contributed by atoms with van der Waals surface area (Å²) < 4.78 is 19.0. The van der Waals surface area contributed by atoms with Crippen molar-refractivity contribution < 1.29 is 13.9 Å². The van der Waals surface area contributed by atoms with E-state index in [1.807, 2.05) is 4.90 Å². The summed E-state index contributed by atoms with van der Waals surface area (Å²) in [7, 11) is 1.49. The maximum atomic E-state index is 13.8. The number of methoxy groups -OCH3 is 1. The van der Waals surface area contributed by atoms with Gasteiger partial charge in [0.05, 0.1) is 19.0 Å². The van der Waals surface area contributed by atoms with Gasteiger partial charge in [-0.1, -0.05) is 12.1 Å². The van der Waals surface area contributed by atoms with Gasteiger partial charge in [-0.15, -0.1) is 0 Å². The Bertz CT molecular complexity index is 719. The van der Waals surface area contributed by atoms with Crippen LogP contribution >= 0.6 is 0 Å². The van der Waals surface area contributed by atoms with Crippen LogP contribution in [-0.2, 0) is 0 Å². The highest BCUT2D eigenvalue weighted by molar-refractivity contribution is 5.89. The van der Waals surface area contributed by atoms with Crippen LogP contribution in [0.2, 0.25) is 0 Å². The number of nitrogens with zero attached hydrogens (tertiary/aromatic N) is 4. The molecule has 1 saturated heterocycles. The first kappa shape index (κ1) is 16.0. The second-order valence-electron chi connectivity index (χ2n) is 5.30. The highest BCUT2D eigenvalue weighted by Gasteiger charge is 2.23. The number of ether oxygens (including phenoxy) is 1. The van der Waals surface area contributed by atoms with Crippen LogP contribution < -0.4 is 15.0 Å². The molecule has 0 unspecified atom stereocenters. The fraction of sp³-hybridized carbons (Fsp3) is 0.312. The van der Waals surface area contributed by atoms with Gasteiger partial charge in [-0.2, -0.15) is 0 Å². The van der Waals surface area contributed by atoms with E-state index in [4.69, 9.17) is 4.74 Å². The van der Waals surface area contributed by atoms with Crippen LogP contribution in [0, 0.1) is 5.82 Å². The van der Waals surface area contributed by atoms with Crippen molar-refractivity contribution in [2.75, 3.05) is 43.5 Å². The molecule has 0 spiro atoms. The third-order valence-electron chi connectivity index (χ3n) is 3.88. The number of benzene rings is 1. The molecule has 2 amide bonds. The lowest BCUT2D eigenvalue weighted by Crippen LogP contribution is -2.50. The Balaban J connectivity index is 1.60. The fourth-order valence-electron chi connectivity index (χ4n) is 2.60. The smallest absolute Gasteiger partial charge is 0.323 e. The lowest BCUT2D eigenvalue weighted by Gasteiger charge is -2.36. The molecule has 0 bridgehead atoms. The predicted molar refractivity (Wildman–Crippen MR) is 87.8 cm³/mol. The van der Waals surface area contributed by atoms with Crippen molar-refractivity contribution in [1.82, 2.24) is 14.9 Å². The van der Waals surface area contributed by atoms with Crippen LogP contribution in [0.4, 0.5) is 20.7 Å². The number of rotatable bonds is 3. The van der Waals surface area contributed by atoms with Crippen molar-refractivity contribution in [3.05, 3.63) is 42.6 Å². The summed E-state index contributed by atoms with van der Waals surface area (Å²) in [5.41, 5.74) is 0.565. The Morgan fingerprint density at radius 3 is 2.71 bits per heavy atom. The zero-order valence-corrected chi connectivity index (χ0v) is 13.3. The van der Waals surface area contributed by atoms with Crippen molar-refractivity contribution >= 4 is 17.5 Å². The second kappa shape index (κ2) is 7.12. The van der Waals surface area contributed by atoms with Gasteiger partial charge in [-0.3, -0.25) is 5.32 Å². The third kappa shape index (κ3) is 3.37. The van der Waals surface area contributed by atoms with E-state index in [1.54, 1.807) is 23.1 Å². The van der Waals surface area contributed by atoms with Crippen molar-refractivity contribution in [2.24, 2.45) is 0 Å². The summed E-state index contributed by atoms with van der Waals surface area (Å²) in [6, 6.07) is 6.39. The van der Waals surface area contributed by atoms with Gasteiger partial charge in [0.25, 0.3) is 0 Å². The topological polar surface area (TPSA) is 70.6 Å². The van der Waals surface area contributed by atoms with Gasteiger partial charge in [0.1, 0.15) is 12.1 Å². The van der Waals surface area contributed by atoms with Crippen LogP contribution in [0.25, 0.3) is 0 Å². The second-order valence-corrected chi connectivity index (χ2v) is 5.30. The summed E-state index contributed by atoms with van der Waals surface area (Å²) in [4.78, 5) is 23.8. The largest absolute Gasteiger partial charge is 0.491 e. The number of hydrogen-bond acceptors (Lipinski definition) is 5. The molecule has 8 heteroatoms. The number of nitrogens with one attached hydrogen (secondary N) is 1. The van der Waals surface area contributed by atoms with Gasteiger partial charge in [0.15, 0.2) is 11.6 Å². The standard InChI is InChI=1S/C16H18FN5O2/c1-24-14-10-18-11-19-15(14)20-16(23)22-8-6-21(7-9-22)13-5-3-2-4-12(13)17/h2-5,10-11H,6-9H2,1H3,(H,18,19,20,23). The molecule has 1 fully saturated rings. The van der Waals surface area contributed by atoms with Crippen LogP contribution in [0.3, 0.4) is 0 Å². The molecular formula is C16H18FN5O2. The summed E-state index contributed by atoms with van der Waals surface area (Å²) in [5, 5.41) is 2.72. The van der Waals surface area contributed by atoms with Crippen LogP contribution in [0.5, 0.6) is 5.75 Å². The number of carbonyl (C=O) groups excluding carboxylic acids is 1. The molecule has 0 saturated carbocycles. The highest BCUT2D eigenvalue weighted by atomic mass is 19.1. The molecule has 1 N–H and O–H groups in total. The van der Waals surface area contributed by atoms with Gasteiger partial charge in [-0.25, -0.2) is 19.2 Å². The number of carbonyl (C=O) groups is 1. The first-order valence-electron chi connectivity index (χ1n) is 7.58. The minimum absolute atomic E-state index is 0.249. The molecule has 7 nitrogen and oxygen atoms in total. The Hall–Kier alpha value is -2.90. The van der Waals surface area contributed by atoms with Gasteiger partial charge in [-0.05, 0) is 12.1 Å². The zero-order valence-electron chi connectivity index (χ0n) is 13.3. The SMILES string of the molecule is COc1cncnc1NC(=O)N1CCN(c2ccccc2F)CC1. The minimum Gasteiger partial charge on any atom is -0.491 e. The number of piperazine rings is 1. The van der Waals surface area contributed by atoms with Crippen LogP contribution in [0.15, 0.2) is 36.8 Å². The molecule has 1 aromatic heterocycles. The van der Waals surface area contributed by atoms with Gasteiger partial charge >= 0.3 is 6.03 Å². The Labute approximate surface area is 139 Å². The summed E-state index contributed by atoms with van der Waals surface area (Å²) in [5.74, 6) is 0.478. The number of urea groups is 1. The molecule has 0 radical (unpaired) electrons. The number of halogens is 1. The summed E-state index contributed by atoms with van der Waals surface area (Å²) >= 11 is 0. The molecule has 24 heavy (non-hydrogen) atoms. The molecule has 1 aliphatic rings. The Morgan fingerprint density at radius 1 is 1.25 bits per heavy atom. The van der Waals surface area contributed by atoms with Crippen LogP contribution in [0.1, 0.15) is 0 Å². The molecule has 3 rings (SSSR count). The van der Waals surface area contributed by atoms with E-state index < -0.39 is 0 Å². The fourth-order valence-corrected chi connectivity index (χ4v) is 2.60. The first-order chi connectivity index (χ1) is 11.7. The number of amides is 2. The molecule has 0 aliphatic carbocycles. The molecule has 126 valence electrons. The zero-order chi connectivity index (χ0) is 16.9. The first-order valence-corrected chi connectivity index (χ1v) is 7.58. The van der Waals surface area contributed by atoms with E-state index in [0.717, 1.165) is 0 Å². The van der Waals surface area contributed by atoms with E-state index in [1.165, 1.54) is 25.7 Å². The monoisotopic (exact) mass is 331 g/mol. The maximum Gasteiger partial charge on any atom is 0.323 e.